The van der Waals surface area contributed by atoms with Gasteiger partial charge in [0.25, 0.3) is 0 Å². The van der Waals surface area contributed by atoms with E-state index in [1.165, 1.54) is 4.88 Å². The largest absolute Gasteiger partial charge is 0.459 e. The zero-order valence-corrected chi connectivity index (χ0v) is 17.5. The lowest BCUT2D eigenvalue weighted by Crippen LogP contribution is -2.48. The minimum Gasteiger partial charge on any atom is -0.459 e. The molecule has 1 N–H and O–H groups in total. The summed E-state index contributed by atoms with van der Waals surface area (Å²) in [6.45, 7) is 11.1. The number of nitrogens with one attached hydrogen (secondary N) is 1. The molecular formula is C20H31N3O3S. The molecule has 2 heterocycles. The molecule has 0 bridgehead atoms. The molecule has 1 aliphatic heterocycles. The second-order valence-corrected chi connectivity index (χ2v) is 8.73. The van der Waals surface area contributed by atoms with E-state index < -0.39 is 0 Å². The Hall–Kier alpha value is -1.44. The lowest BCUT2D eigenvalue weighted by atomic mass is 9.95. The first-order chi connectivity index (χ1) is 13.0. The summed E-state index contributed by atoms with van der Waals surface area (Å²) < 4.78 is 5.46. The maximum Gasteiger partial charge on any atom is 0.341 e. The van der Waals surface area contributed by atoms with Crippen molar-refractivity contribution in [3.63, 3.8) is 0 Å². The number of piperazine rings is 1. The molecule has 0 spiro atoms. The number of hydrogen-bond acceptors (Lipinski definition) is 6. The van der Waals surface area contributed by atoms with Crippen LogP contribution in [0.15, 0.2) is 0 Å². The van der Waals surface area contributed by atoms with E-state index in [0.717, 1.165) is 64.0 Å². The van der Waals surface area contributed by atoms with Gasteiger partial charge in [-0.15, -0.1) is 11.3 Å². The second kappa shape index (κ2) is 9.17. The predicted molar refractivity (Wildman–Crippen MR) is 109 cm³/mol. The van der Waals surface area contributed by atoms with Crippen LogP contribution in [0.3, 0.4) is 0 Å². The van der Waals surface area contributed by atoms with Crippen molar-refractivity contribution in [3.8, 4) is 0 Å². The average Bonchev–Trinajstić information content (AvgIpc) is 2.99. The summed E-state index contributed by atoms with van der Waals surface area (Å²) in [4.78, 5) is 31.1. The van der Waals surface area contributed by atoms with Crippen molar-refractivity contribution in [1.82, 2.24) is 9.80 Å². The van der Waals surface area contributed by atoms with Crippen LogP contribution in [0.5, 0.6) is 0 Å². The summed E-state index contributed by atoms with van der Waals surface area (Å²) in [5.41, 5.74) is 1.68. The Labute approximate surface area is 165 Å². The molecule has 27 heavy (non-hydrogen) atoms. The van der Waals surface area contributed by atoms with Crippen molar-refractivity contribution in [3.05, 3.63) is 16.0 Å². The molecule has 7 heteroatoms. The molecule has 1 aliphatic carbocycles. The van der Waals surface area contributed by atoms with Gasteiger partial charge in [-0.25, -0.2) is 4.79 Å². The number of carbonyl (C=O) groups excluding carboxylic acids is 2. The Kier molecular flexibility index (Phi) is 6.89. The zero-order chi connectivity index (χ0) is 19.4. The Morgan fingerprint density at radius 3 is 2.44 bits per heavy atom. The first-order valence-corrected chi connectivity index (χ1v) is 10.9. The molecule has 1 saturated heterocycles. The van der Waals surface area contributed by atoms with Gasteiger partial charge in [-0.05, 0) is 51.6 Å². The predicted octanol–water partition coefficient (Wildman–Crippen LogP) is 2.77. The van der Waals surface area contributed by atoms with E-state index in [2.05, 4.69) is 22.0 Å². The van der Waals surface area contributed by atoms with Crippen LogP contribution in [0.1, 0.15) is 54.4 Å². The van der Waals surface area contributed by atoms with Crippen LogP contribution >= 0.6 is 11.3 Å². The number of amides is 1. The van der Waals surface area contributed by atoms with Gasteiger partial charge in [0.2, 0.25) is 5.91 Å². The summed E-state index contributed by atoms with van der Waals surface area (Å²) >= 11 is 1.55. The van der Waals surface area contributed by atoms with E-state index in [1.807, 2.05) is 13.8 Å². The fourth-order valence-corrected chi connectivity index (χ4v) is 5.07. The number of rotatable bonds is 6. The van der Waals surface area contributed by atoms with Crippen LogP contribution in [-0.4, -0.2) is 67.0 Å². The molecular weight excluding hydrogens is 362 g/mol. The molecule has 0 saturated carbocycles. The SMILES string of the molecule is CCN1CCN(CC(=O)Nc2sc3c(c2C(=O)OC(C)C)CCCC3)CC1. The molecule has 3 rings (SSSR count). The van der Waals surface area contributed by atoms with Gasteiger partial charge in [0.15, 0.2) is 0 Å². The van der Waals surface area contributed by atoms with Gasteiger partial charge in [0.1, 0.15) is 5.00 Å². The Balaban J connectivity index is 1.69. The molecule has 0 unspecified atom stereocenters. The van der Waals surface area contributed by atoms with Crippen LogP contribution in [0.2, 0.25) is 0 Å². The number of hydrogen-bond donors (Lipinski definition) is 1. The minimum atomic E-state index is -0.309. The summed E-state index contributed by atoms with van der Waals surface area (Å²) in [7, 11) is 0. The van der Waals surface area contributed by atoms with Crippen molar-refractivity contribution in [2.75, 3.05) is 44.6 Å². The topological polar surface area (TPSA) is 61.9 Å². The number of carbonyl (C=O) groups is 2. The van der Waals surface area contributed by atoms with Gasteiger partial charge in [0, 0.05) is 31.1 Å². The van der Waals surface area contributed by atoms with Crippen molar-refractivity contribution in [2.24, 2.45) is 0 Å². The maximum atomic E-state index is 12.7. The van der Waals surface area contributed by atoms with Crippen LogP contribution < -0.4 is 5.32 Å². The number of fused-ring (bicyclic) bond motifs is 1. The Morgan fingerprint density at radius 2 is 1.78 bits per heavy atom. The summed E-state index contributed by atoms with van der Waals surface area (Å²) in [5, 5.41) is 3.69. The van der Waals surface area contributed by atoms with Gasteiger partial charge in [-0.2, -0.15) is 0 Å². The molecule has 0 radical (unpaired) electrons. The Morgan fingerprint density at radius 1 is 1.11 bits per heavy atom. The number of aryl methyl sites for hydroxylation is 1. The molecule has 2 aliphatic rings. The highest BCUT2D eigenvalue weighted by Crippen LogP contribution is 2.38. The summed E-state index contributed by atoms with van der Waals surface area (Å²) in [6, 6.07) is 0. The summed E-state index contributed by atoms with van der Waals surface area (Å²) in [6.07, 6.45) is 3.93. The van der Waals surface area contributed by atoms with Crippen LogP contribution in [0, 0.1) is 0 Å². The van der Waals surface area contributed by atoms with Crippen LogP contribution in [-0.2, 0) is 22.4 Å². The van der Waals surface area contributed by atoms with Crippen molar-refractivity contribution in [2.45, 2.75) is 52.6 Å². The van der Waals surface area contributed by atoms with Crippen molar-refractivity contribution in [1.29, 1.82) is 0 Å². The highest BCUT2D eigenvalue weighted by molar-refractivity contribution is 7.17. The van der Waals surface area contributed by atoms with Gasteiger partial charge in [-0.3, -0.25) is 9.69 Å². The second-order valence-electron chi connectivity index (χ2n) is 7.63. The third-order valence-electron chi connectivity index (χ3n) is 5.25. The number of likely N-dealkylation sites (N-methyl/N-ethyl adjacent to an activating group) is 1. The fourth-order valence-electron chi connectivity index (χ4n) is 3.78. The molecule has 1 fully saturated rings. The molecule has 1 amide bonds. The van der Waals surface area contributed by atoms with E-state index in [4.69, 9.17) is 4.74 Å². The van der Waals surface area contributed by atoms with Crippen LogP contribution in [0.4, 0.5) is 5.00 Å². The quantitative estimate of drug-likeness (QED) is 0.753. The van der Waals surface area contributed by atoms with Gasteiger partial charge in [0.05, 0.1) is 18.2 Å². The van der Waals surface area contributed by atoms with Gasteiger partial charge < -0.3 is 15.0 Å². The van der Waals surface area contributed by atoms with Crippen molar-refractivity contribution < 1.29 is 14.3 Å². The van der Waals surface area contributed by atoms with Crippen LogP contribution in [0.25, 0.3) is 0 Å². The number of nitrogens with zero attached hydrogens (tertiary/aromatic N) is 2. The standard InChI is InChI=1S/C20H31N3O3S/c1-4-22-9-11-23(12-10-22)13-17(24)21-19-18(20(25)26-14(2)3)15-7-5-6-8-16(15)27-19/h14H,4-13H2,1-3H3,(H,21,24). The zero-order valence-electron chi connectivity index (χ0n) is 16.7. The van der Waals surface area contributed by atoms with Gasteiger partial charge in [-0.1, -0.05) is 6.92 Å². The molecule has 1 aromatic heterocycles. The fraction of sp³-hybridized carbons (Fsp3) is 0.700. The van der Waals surface area contributed by atoms with E-state index in [-0.39, 0.29) is 18.0 Å². The maximum absolute atomic E-state index is 12.7. The highest BCUT2D eigenvalue weighted by atomic mass is 32.1. The number of esters is 1. The van der Waals surface area contributed by atoms with Gasteiger partial charge >= 0.3 is 5.97 Å². The number of ether oxygens (including phenoxy) is 1. The summed E-state index contributed by atoms with van der Waals surface area (Å²) in [5.74, 6) is -0.353. The lowest BCUT2D eigenvalue weighted by molar-refractivity contribution is -0.117. The molecule has 0 aromatic carbocycles. The third-order valence-corrected chi connectivity index (χ3v) is 6.46. The van der Waals surface area contributed by atoms with E-state index in [0.29, 0.717) is 17.1 Å². The monoisotopic (exact) mass is 393 g/mol. The molecule has 1 aromatic rings. The minimum absolute atomic E-state index is 0.0443. The van der Waals surface area contributed by atoms with Crippen molar-refractivity contribution >= 4 is 28.2 Å². The first kappa shape index (κ1) is 20.3. The number of thiophene rings is 1. The number of anilines is 1. The highest BCUT2D eigenvalue weighted by Gasteiger charge is 2.28. The molecule has 0 atom stereocenters. The van der Waals surface area contributed by atoms with E-state index >= 15 is 0 Å². The smallest absolute Gasteiger partial charge is 0.341 e. The average molecular weight is 394 g/mol. The first-order valence-electron chi connectivity index (χ1n) is 10.1. The normalized spacial score (nSPS) is 18.4. The van der Waals surface area contributed by atoms with E-state index in [9.17, 15) is 9.59 Å². The Bertz CT molecular complexity index is 678. The lowest BCUT2D eigenvalue weighted by Gasteiger charge is -2.33. The molecule has 6 nitrogen and oxygen atoms in total. The van der Waals surface area contributed by atoms with E-state index in [1.54, 1.807) is 11.3 Å². The molecule has 150 valence electrons. The third kappa shape index (κ3) is 5.09.